The average Bonchev–Trinajstić information content (AvgIpc) is 2.93. The van der Waals surface area contributed by atoms with Crippen LogP contribution in [0.15, 0.2) is 30.5 Å². The largest absolute Gasteiger partial charge is 0.487 e. The van der Waals surface area contributed by atoms with Gasteiger partial charge in [0.05, 0.1) is 11.7 Å². The van der Waals surface area contributed by atoms with Crippen LogP contribution in [0.1, 0.15) is 57.6 Å². The van der Waals surface area contributed by atoms with Gasteiger partial charge in [-0.25, -0.2) is 4.68 Å². The fourth-order valence-corrected chi connectivity index (χ4v) is 1.96. The lowest BCUT2D eigenvalue weighted by Crippen LogP contribution is -2.40. The molecule has 2 rings (SSSR count). The molecule has 0 bridgehead atoms. The molecule has 0 fully saturated rings. The molecule has 0 radical (unpaired) electrons. The van der Waals surface area contributed by atoms with Crippen molar-refractivity contribution in [3.05, 3.63) is 41.7 Å². The van der Waals surface area contributed by atoms with Gasteiger partial charge in [0.1, 0.15) is 18.1 Å². The summed E-state index contributed by atoms with van der Waals surface area (Å²) >= 11 is 0. The Morgan fingerprint density at radius 2 is 1.75 bits per heavy atom. The van der Waals surface area contributed by atoms with Crippen molar-refractivity contribution in [3.8, 4) is 5.75 Å². The highest BCUT2D eigenvalue weighted by atomic mass is 16.5. The van der Waals surface area contributed by atoms with E-state index in [1.807, 2.05) is 31.6 Å². The van der Waals surface area contributed by atoms with Crippen molar-refractivity contribution in [3.63, 3.8) is 0 Å². The molecule has 1 aromatic carbocycles. The van der Waals surface area contributed by atoms with Crippen LogP contribution in [0.25, 0.3) is 0 Å². The van der Waals surface area contributed by atoms with Gasteiger partial charge in [-0.05, 0) is 65.8 Å². The summed E-state index contributed by atoms with van der Waals surface area (Å²) in [4.78, 5) is 12.1. The summed E-state index contributed by atoms with van der Waals surface area (Å²) in [6, 6.07) is 7.07. The molecule has 1 aromatic heterocycles. The zero-order valence-corrected chi connectivity index (χ0v) is 15.3. The molecular formula is C18H26N4O2. The Bertz CT molecular complexity index is 691. The summed E-state index contributed by atoms with van der Waals surface area (Å²) < 4.78 is 7.52. The molecule has 1 N–H and O–H groups in total. The van der Waals surface area contributed by atoms with Gasteiger partial charge < -0.3 is 10.1 Å². The second kappa shape index (κ2) is 6.63. The second-order valence-electron chi connectivity index (χ2n) is 7.84. The molecule has 6 nitrogen and oxygen atoms in total. The molecule has 0 aliphatic rings. The van der Waals surface area contributed by atoms with Crippen molar-refractivity contribution < 1.29 is 9.53 Å². The summed E-state index contributed by atoms with van der Waals surface area (Å²) in [5, 5.41) is 11.1. The van der Waals surface area contributed by atoms with E-state index in [0.29, 0.717) is 17.9 Å². The molecular weight excluding hydrogens is 304 g/mol. The molecule has 0 aliphatic carbocycles. The van der Waals surface area contributed by atoms with Crippen LogP contribution in [0, 0.1) is 0 Å². The topological polar surface area (TPSA) is 69.0 Å². The molecule has 2 aromatic rings. The second-order valence-corrected chi connectivity index (χ2v) is 7.84. The number of rotatable bonds is 4. The highest BCUT2D eigenvalue weighted by Crippen LogP contribution is 2.16. The fraction of sp³-hybridized carbons (Fsp3) is 0.500. The minimum Gasteiger partial charge on any atom is -0.487 e. The summed E-state index contributed by atoms with van der Waals surface area (Å²) in [6.45, 7) is 12.4. The molecule has 6 heteroatoms. The zero-order valence-electron chi connectivity index (χ0n) is 15.3. The average molecular weight is 330 g/mol. The number of benzene rings is 1. The van der Waals surface area contributed by atoms with Gasteiger partial charge in [-0.2, -0.15) is 0 Å². The number of ether oxygens (including phenoxy) is 1. The SMILES string of the molecule is CC(C)(C)NC(=O)c1ccc(OCc2cn(C(C)(C)C)nn2)cc1. The van der Waals surface area contributed by atoms with Crippen LogP contribution in [0.2, 0.25) is 0 Å². The first-order chi connectivity index (χ1) is 11.0. The number of amides is 1. The van der Waals surface area contributed by atoms with Crippen molar-refractivity contribution in [1.82, 2.24) is 20.3 Å². The summed E-state index contributed by atoms with van der Waals surface area (Å²) in [5.41, 5.74) is 1.01. The Labute approximate surface area is 143 Å². The Morgan fingerprint density at radius 3 is 2.25 bits per heavy atom. The summed E-state index contributed by atoms with van der Waals surface area (Å²) in [5.74, 6) is 0.592. The van der Waals surface area contributed by atoms with Crippen LogP contribution in [-0.2, 0) is 12.1 Å². The summed E-state index contributed by atoms with van der Waals surface area (Å²) in [7, 11) is 0. The Morgan fingerprint density at radius 1 is 1.12 bits per heavy atom. The van der Waals surface area contributed by atoms with Crippen LogP contribution in [-0.4, -0.2) is 26.4 Å². The van der Waals surface area contributed by atoms with Gasteiger partial charge >= 0.3 is 0 Å². The van der Waals surface area contributed by atoms with Crippen molar-refractivity contribution in [1.29, 1.82) is 0 Å². The fourth-order valence-electron chi connectivity index (χ4n) is 1.96. The van der Waals surface area contributed by atoms with Gasteiger partial charge in [-0.15, -0.1) is 5.10 Å². The lowest BCUT2D eigenvalue weighted by Gasteiger charge is -2.20. The lowest BCUT2D eigenvalue weighted by atomic mass is 10.1. The van der Waals surface area contributed by atoms with Gasteiger partial charge in [0.2, 0.25) is 0 Å². The van der Waals surface area contributed by atoms with Gasteiger partial charge in [-0.3, -0.25) is 4.79 Å². The first kappa shape index (κ1) is 18.0. The summed E-state index contributed by atoms with van der Waals surface area (Å²) in [6.07, 6.45) is 1.88. The van der Waals surface area contributed by atoms with Crippen LogP contribution in [0.5, 0.6) is 5.75 Å². The van der Waals surface area contributed by atoms with E-state index in [-0.39, 0.29) is 17.0 Å². The van der Waals surface area contributed by atoms with Crippen molar-refractivity contribution in [2.24, 2.45) is 0 Å². The first-order valence-corrected chi connectivity index (χ1v) is 8.02. The highest BCUT2D eigenvalue weighted by molar-refractivity contribution is 5.94. The molecule has 1 heterocycles. The van der Waals surface area contributed by atoms with Crippen molar-refractivity contribution >= 4 is 5.91 Å². The molecule has 0 saturated heterocycles. The standard InChI is InChI=1S/C18H26N4O2/c1-17(2,3)19-16(23)13-7-9-15(10-8-13)24-12-14-11-22(21-20-14)18(4,5)6/h7-11H,12H2,1-6H3,(H,19,23). The van der Waals surface area contributed by atoms with Crippen LogP contribution in [0.4, 0.5) is 0 Å². The van der Waals surface area contributed by atoms with Gasteiger partial charge in [0, 0.05) is 11.1 Å². The minimum absolute atomic E-state index is 0.0952. The van der Waals surface area contributed by atoms with E-state index in [1.165, 1.54) is 0 Å². The number of carbonyl (C=O) groups is 1. The van der Waals surface area contributed by atoms with Crippen molar-refractivity contribution in [2.45, 2.75) is 59.2 Å². The number of hydrogen-bond acceptors (Lipinski definition) is 4. The van der Waals surface area contributed by atoms with Gasteiger partial charge in [0.25, 0.3) is 5.91 Å². The Balaban J connectivity index is 1.95. The van der Waals surface area contributed by atoms with E-state index < -0.39 is 0 Å². The molecule has 0 unspecified atom stereocenters. The van der Waals surface area contributed by atoms with E-state index in [4.69, 9.17) is 4.74 Å². The smallest absolute Gasteiger partial charge is 0.251 e. The van der Waals surface area contributed by atoms with E-state index in [2.05, 4.69) is 36.4 Å². The third kappa shape index (κ3) is 5.08. The Hall–Kier alpha value is -2.37. The molecule has 0 saturated carbocycles. The maximum atomic E-state index is 12.1. The quantitative estimate of drug-likeness (QED) is 0.935. The van der Waals surface area contributed by atoms with Crippen LogP contribution < -0.4 is 10.1 Å². The normalized spacial score (nSPS) is 12.1. The Kier molecular flexibility index (Phi) is 4.96. The lowest BCUT2D eigenvalue weighted by molar-refractivity contribution is 0.0919. The predicted octanol–water partition coefficient (Wildman–Crippen LogP) is 3.14. The molecule has 0 aliphatic heterocycles. The zero-order chi connectivity index (χ0) is 18.0. The van der Waals surface area contributed by atoms with E-state index in [0.717, 1.165) is 5.69 Å². The molecule has 130 valence electrons. The third-order valence-corrected chi connectivity index (χ3v) is 3.22. The van der Waals surface area contributed by atoms with Crippen LogP contribution in [0.3, 0.4) is 0 Å². The minimum atomic E-state index is -0.259. The molecule has 1 amide bonds. The maximum Gasteiger partial charge on any atom is 0.251 e. The third-order valence-electron chi connectivity index (χ3n) is 3.22. The number of hydrogen-bond donors (Lipinski definition) is 1. The van der Waals surface area contributed by atoms with E-state index in [9.17, 15) is 4.79 Å². The number of aromatic nitrogens is 3. The van der Waals surface area contributed by atoms with E-state index in [1.54, 1.807) is 24.3 Å². The molecule has 0 atom stereocenters. The van der Waals surface area contributed by atoms with Crippen LogP contribution >= 0.6 is 0 Å². The maximum absolute atomic E-state index is 12.1. The highest BCUT2D eigenvalue weighted by Gasteiger charge is 2.16. The molecule has 0 spiro atoms. The monoisotopic (exact) mass is 330 g/mol. The number of nitrogens with zero attached hydrogens (tertiary/aromatic N) is 3. The number of carbonyl (C=O) groups excluding carboxylic acids is 1. The predicted molar refractivity (Wildman–Crippen MR) is 93.0 cm³/mol. The van der Waals surface area contributed by atoms with Gasteiger partial charge in [0.15, 0.2) is 0 Å². The molecule has 24 heavy (non-hydrogen) atoms. The van der Waals surface area contributed by atoms with E-state index >= 15 is 0 Å². The first-order valence-electron chi connectivity index (χ1n) is 8.02. The van der Waals surface area contributed by atoms with Crippen molar-refractivity contribution in [2.75, 3.05) is 0 Å². The van der Waals surface area contributed by atoms with Gasteiger partial charge in [-0.1, -0.05) is 5.21 Å². The number of nitrogens with one attached hydrogen (secondary N) is 1.